The number of hydrogen-bond acceptors (Lipinski definition) is 5. The SMILES string of the molecule is COc1ccc(-c2cnc(CN3C[C@@H](N)[C@H](c4ccccc4)C3)o2)cc1.Cl. The van der Waals surface area contributed by atoms with Crippen molar-refractivity contribution in [3.8, 4) is 17.1 Å². The van der Waals surface area contributed by atoms with Crippen LogP contribution in [0.2, 0.25) is 0 Å². The zero-order chi connectivity index (χ0) is 17.9. The largest absolute Gasteiger partial charge is 0.497 e. The minimum atomic E-state index is 0. The molecular weight excluding hydrogens is 362 g/mol. The first-order valence-corrected chi connectivity index (χ1v) is 8.85. The van der Waals surface area contributed by atoms with Crippen LogP contribution in [0, 0.1) is 0 Å². The second kappa shape index (κ2) is 8.57. The number of hydrogen-bond donors (Lipinski definition) is 1. The highest BCUT2D eigenvalue weighted by Gasteiger charge is 2.31. The van der Waals surface area contributed by atoms with Crippen LogP contribution in [0.1, 0.15) is 17.4 Å². The summed E-state index contributed by atoms with van der Waals surface area (Å²) in [5.74, 6) is 2.67. The van der Waals surface area contributed by atoms with Crippen LogP contribution < -0.4 is 10.5 Å². The van der Waals surface area contributed by atoms with Crippen molar-refractivity contribution in [2.45, 2.75) is 18.5 Å². The molecule has 0 amide bonds. The highest BCUT2D eigenvalue weighted by atomic mass is 35.5. The summed E-state index contributed by atoms with van der Waals surface area (Å²) >= 11 is 0. The normalized spacial score (nSPS) is 19.6. The number of ether oxygens (including phenoxy) is 1. The first-order valence-electron chi connectivity index (χ1n) is 8.85. The number of benzene rings is 2. The molecule has 1 saturated heterocycles. The van der Waals surface area contributed by atoms with E-state index in [0.29, 0.717) is 12.5 Å². The lowest BCUT2D eigenvalue weighted by Gasteiger charge is -2.14. The van der Waals surface area contributed by atoms with Crippen molar-refractivity contribution in [1.82, 2.24) is 9.88 Å². The molecule has 1 aliphatic heterocycles. The fraction of sp³-hybridized carbons (Fsp3) is 0.286. The smallest absolute Gasteiger partial charge is 0.209 e. The van der Waals surface area contributed by atoms with Gasteiger partial charge in [-0.25, -0.2) is 4.98 Å². The third kappa shape index (κ3) is 4.33. The Bertz CT molecular complexity index is 851. The van der Waals surface area contributed by atoms with Gasteiger partial charge in [-0.3, -0.25) is 4.90 Å². The van der Waals surface area contributed by atoms with Gasteiger partial charge in [0.15, 0.2) is 5.76 Å². The molecule has 0 aliphatic carbocycles. The summed E-state index contributed by atoms with van der Waals surface area (Å²) in [4.78, 5) is 6.75. The molecule has 0 saturated carbocycles. The summed E-state index contributed by atoms with van der Waals surface area (Å²) in [6, 6.07) is 18.4. The summed E-state index contributed by atoms with van der Waals surface area (Å²) < 4.78 is 11.1. The third-order valence-electron chi connectivity index (χ3n) is 4.96. The fourth-order valence-electron chi connectivity index (χ4n) is 3.56. The van der Waals surface area contributed by atoms with Gasteiger partial charge in [0, 0.05) is 30.6 Å². The topological polar surface area (TPSA) is 64.5 Å². The summed E-state index contributed by atoms with van der Waals surface area (Å²) in [6.07, 6.45) is 1.78. The number of rotatable bonds is 5. The predicted molar refractivity (Wildman–Crippen MR) is 108 cm³/mol. The fourth-order valence-corrected chi connectivity index (χ4v) is 3.56. The quantitative estimate of drug-likeness (QED) is 0.725. The van der Waals surface area contributed by atoms with Crippen LogP contribution in [0.3, 0.4) is 0 Å². The molecule has 2 N–H and O–H groups in total. The average Bonchev–Trinajstić information content (AvgIpc) is 3.29. The molecule has 5 nitrogen and oxygen atoms in total. The second-order valence-corrected chi connectivity index (χ2v) is 6.72. The van der Waals surface area contributed by atoms with Crippen LogP contribution in [-0.2, 0) is 6.54 Å². The maximum atomic E-state index is 6.37. The minimum absolute atomic E-state index is 0. The number of methoxy groups -OCH3 is 1. The molecule has 0 bridgehead atoms. The molecule has 1 aromatic heterocycles. The zero-order valence-corrected chi connectivity index (χ0v) is 16.1. The van der Waals surface area contributed by atoms with Gasteiger partial charge >= 0.3 is 0 Å². The van der Waals surface area contributed by atoms with Gasteiger partial charge in [0.25, 0.3) is 0 Å². The minimum Gasteiger partial charge on any atom is -0.497 e. The third-order valence-corrected chi connectivity index (χ3v) is 4.96. The lowest BCUT2D eigenvalue weighted by molar-refractivity contribution is 0.287. The highest BCUT2D eigenvalue weighted by molar-refractivity contribution is 5.85. The van der Waals surface area contributed by atoms with Crippen LogP contribution in [0.5, 0.6) is 5.75 Å². The Morgan fingerprint density at radius 1 is 1.11 bits per heavy atom. The van der Waals surface area contributed by atoms with E-state index < -0.39 is 0 Å². The molecule has 2 heterocycles. The maximum absolute atomic E-state index is 6.37. The van der Waals surface area contributed by atoms with Gasteiger partial charge < -0.3 is 14.9 Å². The van der Waals surface area contributed by atoms with E-state index in [2.05, 4.69) is 34.1 Å². The zero-order valence-electron chi connectivity index (χ0n) is 15.2. The van der Waals surface area contributed by atoms with Gasteiger partial charge in [-0.15, -0.1) is 12.4 Å². The summed E-state index contributed by atoms with van der Waals surface area (Å²) in [7, 11) is 1.66. The van der Waals surface area contributed by atoms with Gasteiger partial charge in [-0.2, -0.15) is 0 Å². The van der Waals surface area contributed by atoms with Crippen LogP contribution in [-0.4, -0.2) is 36.1 Å². The number of nitrogens with zero attached hydrogens (tertiary/aromatic N) is 2. The molecule has 4 rings (SSSR count). The summed E-state index contributed by atoms with van der Waals surface area (Å²) in [6.45, 7) is 2.44. The lowest BCUT2D eigenvalue weighted by atomic mass is 9.95. The van der Waals surface area contributed by atoms with Crippen molar-refractivity contribution in [3.05, 3.63) is 72.2 Å². The Balaban J connectivity index is 0.00000210. The molecule has 0 radical (unpaired) electrons. The van der Waals surface area contributed by atoms with Crippen LogP contribution in [0.4, 0.5) is 0 Å². The van der Waals surface area contributed by atoms with E-state index in [0.717, 1.165) is 36.1 Å². The second-order valence-electron chi connectivity index (χ2n) is 6.72. The van der Waals surface area contributed by atoms with Crippen molar-refractivity contribution in [2.75, 3.05) is 20.2 Å². The lowest BCUT2D eigenvalue weighted by Crippen LogP contribution is -2.28. The molecular formula is C21H24ClN3O2. The number of aromatic nitrogens is 1. The van der Waals surface area contributed by atoms with Crippen LogP contribution >= 0.6 is 12.4 Å². The number of likely N-dealkylation sites (tertiary alicyclic amines) is 1. The monoisotopic (exact) mass is 385 g/mol. The van der Waals surface area contributed by atoms with E-state index in [1.54, 1.807) is 13.3 Å². The molecule has 0 spiro atoms. The van der Waals surface area contributed by atoms with Crippen molar-refractivity contribution in [3.63, 3.8) is 0 Å². The Morgan fingerprint density at radius 2 is 1.85 bits per heavy atom. The van der Waals surface area contributed by atoms with E-state index in [1.165, 1.54) is 5.56 Å². The first-order chi connectivity index (χ1) is 12.7. The Hall–Kier alpha value is -2.34. The first kappa shape index (κ1) is 19.4. The standard InChI is InChI=1S/C21H23N3O2.ClH/c1-25-17-9-7-16(8-10-17)20-11-23-21(26-20)14-24-12-18(19(22)13-24)15-5-3-2-4-6-15;/h2-11,18-19H,12-14,22H2,1H3;1H/t18-,19+;/m0./s1. The van der Waals surface area contributed by atoms with Gasteiger partial charge in [0.05, 0.1) is 19.9 Å². The van der Waals surface area contributed by atoms with Gasteiger partial charge in [0.1, 0.15) is 5.75 Å². The van der Waals surface area contributed by atoms with Crippen molar-refractivity contribution in [2.24, 2.45) is 5.73 Å². The number of nitrogens with two attached hydrogens (primary N) is 1. The predicted octanol–water partition coefficient (Wildman–Crippen LogP) is 3.70. The average molecular weight is 386 g/mol. The molecule has 27 heavy (non-hydrogen) atoms. The van der Waals surface area contributed by atoms with E-state index in [9.17, 15) is 0 Å². The van der Waals surface area contributed by atoms with Gasteiger partial charge in [0.2, 0.25) is 5.89 Å². The maximum Gasteiger partial charge on any atom is 0.209 e. The van der Waals surface area contributed by atoms with Crippen LogP contribution in [0.25, 0.3) is 11.3 Å². The van der Waals surface area contributed by atoms with E-state index in [-0.39, 0.29) is 18.4 Å². The van der Waals surface area contributed by atoms with Gasteiger partial charge in [-0.05, 0) is 29.8 Å². The molecule has 6 heteroatoms. The molecule has 2 aromatic carbocycles. The summed E-state index contributed by atoms with van der Waals surface area (Å²) in [5, 5.41) is 0. The molecule has 1 fully saturated rings. The highest BCUT2D eigenvalue weighted by Crippen LogP contribution is 2.28. The van der Waals surface area contributed by atoms with Crippen molar-refractivity contribution in [1.29, 1.82) is 0 Å². The number of oxazole rings is 1. The molecule has 0 unspecified atom stereocenters. The van der Waals surface area contributed by atoms with Crippen molar-refractivity contribution >= 4 is 12.4 Å². The summed E-state index contributed by atoms with van der Waals surface area (Å²) in [5.41, 5.74) is 8.66. The Kier molecular flexibility index (Phi) is 6.16. The molecule has 3 aromatic rings. The van der Waals surface area contributed by atoms with Gasteiger partial charge in [-0.1, -0.05) is 30.3 Å². The van der Waals surface area contributed by atoms with Crippen molar-refractivity contribution < 1.29 is 9.15 Å². The Morgan fingerprint density at radius 3 is 2.56 bits per heavy atom. The van der Waals surface area contributed by atoms with E-state index in [1.807, 2.05) is 30.3 Å². The number of halogens is 1. The van der Waals surface area contributed by atoms with E-state index >= 15 is 0 Å². The van der Waals surface area contributed by atoms with E-state index in [4.69, 9.17) is 14.9 Å². The van der Waals surface area contributed by atoms with Crippen LogP contribution in [0.15, 0.2) is 65.2 Å². The molecule has 142 valence electrons. The molecule has 1 aliphatic rings. The Labute approximate surface area is 165 Å². The molecule has 2 atom stereocenters.